The molecule has 4 rings (SSSR count). The standard InChI is InChI=1S/C23H15NO/c24-15-20-22(17-11-5-2-6-12-17)21(16-9-3-1-4-10-16)18-13-7-8-14-19(18)23(20)25/h1-14,25H. The van der Waals surface area contributed by atoms with Gasteiger partial charge in [0, 0.05) is 10.9 Å². The molecule has 0 heterocycles. The first kappa shape index (κ1) is 15.0. The SMILES string of the molecule is N#Cc1c(-c2ccccc2)c(-c2ccccc2)c2ccccc2c1O. The fourth-order valence-corrected chi connectivity index (χ4v) is 3.33. The zero-order valence-electron chi connectivity index (χ0n) is 13.5. The summed E-state index contributed by atoms with van der Waals surface area (Å²) in [5.74, 6) is 0.0386. The van der Waals surface area contributed by atoms with Gasteiger partial charge in [0.2, 0.25) is 0 Å². The zero-order valence-corrected chi connectivity index (χ0v) is 13.5. The van der Waals surface area contributed by atoms with E-state index in [0.717, 1.165) is 27.6 Å². The molecule has 0 unspecified atom stereocenters. The summed E-state index contributed by atoms with van der Waals surface area (Å²) >= 11 is 0. The lowest BCUT2D eigenvalue weighted by atomic mass is 9.86. The van der Waals surface area contributed by atoms with Crippen LogP contribution in [0.1, 0.15) is 5.56 Å². The third-order valence-electron chi connectivity index (χ3n) is 4.43. The Labute approximate surface area is 146 Å². The van der Waals surface area contributed by atoms with Crippen LogP contribution in [0.3, 0.4) is 0 Å². The van der Waals surface area contributed by atoms with E-state index in [1.54, 1.807) is 0 Å². The molecule has 0 saturated heterocycles. The third-order valence-corrected chi connectivity index (χ3v) is 4.43. The minimum Gasteiger partial charge on any atom is -0.506 e. The van der Waals surface area contributed by atoms with Gasteiger partial charge in [0.1, 0.15) is 17.4 Å². The highest BCUT2D eigenvalue weighted by Crippen LogP contribution is 2.45. The smallest absolute Gasteiger partial charge is 0.141 e. The maximum absolute atomic E-state index is 10.7. The largest absolute Gasteiger partial charge is 0.506 e. The van der Waals surface area contributed by atoms with Gasteiger partial charge in [-0.1, -0.05) is 84.9 Å². The first-order valence-electron chi connectivity index (χ1n) is 8.10. The summed E-state index contributed by atoms with van der Waals surface area (Å²) in [6.07, 6.45) is 0. The van der Waals surface area contributed by atoms with Crippen LogP contribution in [0.25, 0.3) is 33.0 Å². The van der Waals surface area contributed by atoms with Crippen molar-refractivity contribution < 1.29 is 5.11 Å². The average Bonchev–Trinajstić information content (AvgIpc) is 2.69. The van der Waals surface area contributed by atoms with Crippen molar-refractivity contribution in [2.45, 2.75) is 0 Å². The van der Waals surface area contributed by atoms with Crippen molar-refractivity contribution in [3.8, 4) is 34.1 Å². The van der Waals surface area contributed by atoms with Crippen molar-refractivity contribution >= 4 is 10.8 Å². The molecule has 0 atom stereocenters. The normalized spacial score (nSPS) is 10.5. The number of phenolic OH excluding ortho intramolecular Hbond substituents is 1. The number of nitrogens with zero attached hydrogens (tertiary/aromatic N) is 1. The summed E-state index contributed by atoms with van der Waals surface area (Å²) in [4.78, 5) is 0. The molecule has 0 aliphatic carbocycles. The quantitative estimate of drug-likeness (QED) is 0.511. The minimum atomic E-state index is 0.0386. The lowest BCUT2D eigenvalue weighted by molar-refractivity contribution is 0.480. The van der Waals surface area contributed by atoms with Gasteiger partial charge >= 0.3 is 0 Å². The Morgan fingerprint density at radius 3 is 1.64 bits per heavy atom. The molecule has 25 heavy (non-hydrogen) atoms. The van der Waals surface area contributed by atoms with E-state index in [4.69, 9.17) is 0 Å². The van der Waals surface area contributed by atoms with E-state index in [1.807, 2.05) is 84.9 Å². The molecule has 0 aromatic heterocycles. The maximum atomic E-state index is 10.7. The molecule has 4 aromatic rings. The van der Waals surface area contributed by atoms with Crippen molar-refractivity contribution in [1.82, 2.24) is 0 Å². The van der Waals surface area contributed by atoms with Crippen LogP contribution in [-0.4, -0.2) is 5.11 Å². The van der Waals surface area contributed by atoms with Gasteiger partial charge in [-0.2, -0.15) is 5.26 Å². The fourth-order valence-electron chi connectivity index (χ4n) is 3.33. The molecule has 2 nitrogen and oxygen atoms in total. The first-order chi connectivity index (χ1) is 12.3. The van der Waals surface area contributed by atoms with E-state index in [9.17, 15) is 10.4 Å². The van der Waals surface area contributed by atoms with Gasteiger partial charge in [0.25, 0.3) is 0 Å². The molecule has 118 valence electrons. The molecule has 2 heteroatoms. The Morgan fingerprint density at radius 2 is 1.08 bits per heavy atom. The molecule has 0 aliphatic heterocycles. The van der Waals surface area contributed by atoms with E-state index in [1.165, 1.54) is 0 Å². The van der Waals surface area contributed by atoms with Gasteiger partial charge in [-0.3, -0.25) is 0 Å². The Kier molecular flexibility index (Phi) is 3.68. The molecule has 0 fully saturated rings. The Balaban J connectivity index is 2.24. The number of hydrogen-bond donors (Lipinski definition) is 1. The van der Waals surface area contributed by atoms with E-state index >= 15 is 0 Å². The Bertz CT molecular complexity index is 1090. The molecule has 0 spiro atoms. The summed E-state index contributed by atoms with van der Waals surface area (Å²) in [6, 6.07) is 29.7. The highest BCUT2D eigenvalue weighted by atomic mass is 16.3. The lowest BCUT2D eigenvalue weighted by Gasteiger charge is -2.17. The Hall–Kier alpha value is -3.57. The van der Waals surface area contributed by atoms with Crippen LogP contribution in [0.15, 0.2) is 84.9 Å². The van der Waals surface area contributed by atoms with Crippen LogP contribution in [0.2, 0.25) is 0 Å². The summed E-state index contributed by atoms with van der Waals surface area (Å²) in [7, 11) is 0. The number of benzene rings is 4. The molecular weight excluding hydrogens is 306 g/mol. The predicted octanol–water partition coefficient (Wildman–Crippen LogP) is 5.75. The first-order valence-corrected chi connectivity index (χ1v) is 8.10. The number of hydrogen-bond acceptors (Lipinski definition) is 2. The van der Waals surface area contributed by atoms with E-state index in [-0.39, 0.29) is 5.75 Å². The van der Waals surface area contributed by atoms with Crippen molar-refractivity contribution in [1.29, 1.82) is 5.26 Å². The number of aromatic hydroxyl groups is 1. The molecular formula is C23H15NO. The molecule has 4 aromatic carbocycles. The Morgan fingerprint density at radius 1 is 0.600 bits per heavy atom. The van der Waals surface area contributed by atoms with E-state index in [0.29, 0.717) is 10.9 Å². The van der Waals surface area contributed by atoms with Crippen molar-refractivity contribution in [3.05, 3.63) is 90.5 Å². The van der Waals surface area contributed by atoms with Crippen LogP contribution >= 0.6 is 0 Å². The van der Waals surface area contributed by atoms with Crippen LogP contribution in [0.5, 0.6) is 5.75 Å². The molecule has 0 aliphatic rings. The second kappa shape index (κ2) is 6.14. The summed E-state index contributed by atoms with van der Waals surface area (Å²) < 4.78 is 0. The highest BCUT2D eigenvalue weighted by Gasteiger charge is 2.21. The predicted molar refractivity (Wildman–Crippen MR) is 101 cm³/mol. The molecule has 1 N–H and O–H groups in total. The summed E-state index contributed by atoms with van der Waals surface area (Å²) in [6.45, 7) is 0. The topological polar surface area (TPSA) is 44.0 Å². The van der Waals surface area contributed by atoms with Gasteiger partial charge in [-0.15, -0.1) is 0 Å². The molecule has 0 saturated carbocycles. The number of fused-ring (bicyclic) bond motifs is 1. The number of nitriles is 1. The lowest BCUT2D eigenvalue weighted by Crippen LogP contribution is -1.94. The molecule has 0 bridgehead atoms. The van der Waals surface area contributed by atoms with Gasteiger partial charge in [-0.25, -0.2) is 0 Å². The van der Waals surface area contributed by atoms with Gasteiger partial charge in [-0.05, 0) is 22.1 Å². The van der Waals surface area contributed by atoms with Gasteiger partial charge in [0.15, 0.2) is 0 Å². The van der Waals surface area contributed by atoms with Crippen LogP contribution in [0.4, 0.5) is 0 Å². The van der Waals surface area contributed by atoms with Crippen molar-refractivity contribution in [2.75, 3.05) is 0 Å². The number of rotatable bonds is 2. The number of phenols is 1. The molecule has 0 radical (unpaired) electrons. The van der Waals surface area contributed by atoms with Crippen molar-refractivity contribution in [3.63, 3.8) is 0 Å². The second-order valence-corrected chi connectivity index (χ2v) is 5.86. The monoisotopic (exact) mass is 321 g/mol. The summed E-state index contributed by atoms with van der Waals surface area (Å²) in [5.41, 5.74) is 3.99. The average molecular weight is 321 g/mol. The fraction of sp³-hybridized carbons (Fsp3) is 0. The summed E-state index contributed by atoms with van der Waals surface area (Å²) in [5, 5.41) is 22.1. The van der Waals surface area contributed by atoms with Gasteiger partial charge in [0.05, 0.1) is 0 Å². The van der Waals surface area contributed by atoms with Crippen LogP contribution in [0, 0.1) is 11.3 Å². The highest BCUT2D eigenvalue weighted by molar-refractivity contribution is 6.09. The van der Waals surface area contributed by atoms with E-state index in [2.05, 4.69) is 6.07 Å². The van der Waals surface area contributed by atoms with Crippen LogP contribution < -0.4 is 0 Å². The van der Waals surface area contributed by atoms with Crippen LogP contribution in [-0.2, 0) is 0 Å². The van der Waals surface area contributed by atoms with Gasteiger partial charge < -0.3 is 5.11 Å². The van der Waals surface area contributed by atoms with Crippen molar-refractivity contribution in [2.24, 2.45) is 0 Å². The maximum Gasteiger partial charge on any atom is 0.141 e. The zero-order chi connectivity index (χ0) is 17.2. The van der Waals surface area contributed by atoms with E-state index < -0.39 is 0 Å². The molecule has 0 amide bonds. The second-order valence-electron chi connectivity index (χ2n) is 5.86. The third kappa shape index (κ3) is 2.43. The minimum absolute atomic E-state index is 0.0386.